The molecule has 1 unspecified atom stereocenters. The van der Waals surface area contributed by atoms with Crippen LogP contribution in [0, 0.1) is 5.82 Å². The molecule has 6 rings (SSSR count). The van der Waals surface area contributed by atoms with Gasteiger partial charge in [0, 0.05) is 44.7 Å². The number of nitrogens with zero attached hydrogens (tertiary/aromatic N) is 5. The van der Waals surface area contributed by atoms with Crippen molar-refractivity contribution in [2.24, 2.45) is 0 Å². The number of para-hydroxylation sites is 2. The minimum absolute atomic E-state index is 0.000369. The van der Waals surface area contributed by atoms with Crippen LogP contribution < -0.4 is 4.90 Å². The van der Waals surface area contributed by atoms with Crippen LogP contribution in [0.2, 0.25) is 10.0 Å². The second-order valence-electron chi connectivity index (χ2n) is 12.0. The van der Waals surface area contributed by atoms with Gasteiger partial charge in [0.1, 0.15) is 5.82 Å². The van der Waals surface area contributed by atoms with E-state index in [1.165, 1.54) is 12.1 Å². The van der Waals surface area contributed by atoms with Gasteiger partial charge in [-0.25, -0.2) is 9.37 Å². The van der Waals surface area contributed by atoms with Gasteiger partial charge in [-0.2, -0.15) is 0 Å². The van der Waals surface area contributed by atoms with E-state index in [-0.39, 0.29) is 17.6 Å². The van der Waals surface area contributed by atoms with Crippen LogP contribution in [-0.4, -0.2) is 71.6 Å². The van der Waals surface area contributed by atoms with Gasteiger partial charge in [0.2, 0.25) is 5.95 Å². The van der Waals surface area contributed by atoms with Crippen LogP contribution in [0.5, 0.6) is 0 Å². The van der Waals surface area contributed by atoms with Gasteiger partial charge in [-0.1, -0.05) is 71.7 Å². The van der Waals surface area contributed by atoms with Gasteiger partial charge in [-0.3, -0.25) is 4.79 Å². The molecular weight excluding hydrogens is 620 g/mol. The first-order chi connectivity index (χ1) is 22.4. The normalized spacial score (nSPS) is 14.7. The third-order valence-electron chi connectivity index (χ3n) is 8.83. The summed E-state index contributed by atoms with van der Waals surface area (Å²) < 4.78 is 15.9. The Morgan fingerprint density at radius 1 is 0.891 bits per heavy atom. The number of aromatic nitrogens is 2. The monoisotopic (exact) mass is 657 g/mol. The third kappa shape index (κ3) is 7.55. The number of anilines is 1. The summed E-state index contributed by atoms with van der Waals surface area (Å²) in [5.41, 5.74) is 4.82. The van der Waals surface area contributed by atoms with Crippen molar-refractivity contribution in [3.63, 3.8) is 0 Å². The fraction of sp³-hybridized carbons (Fsp3) is 0.297. The lowest BCUT2D eigenvalue weighted by atomic mass is 9.94. The number of amides is 1. The Bertz CT molecular complexity index is 1780. The van der Waals surface area contributed by atoms with E-state index < -0.39 is 0 Å². The molecule has 0 aliphatic carbocycles. The van der Waals surface area contributed by atoms with E-state index in [9.17, 15) is 9.18 Å². The fourth-order valence-electron chi connectivity index (χ4n) is 6.31. The Labute approximate surface area is 280 Å². The number of carbonyl (C=O) groups is 1. The lowest BCUT2D eigenvalue weighted by Gasteiger charge is -2.28. The van der Waals surface area contributed by atoms with Crippen molar-refractivity contribution in [1.82, 2.24) is 19.4 Å². The molecule has 1 aromatic heterocycles. The number of likely N-dealkylation sites (N-methyl/N-ethyl adjacent to an activating group) is 1. The highest BCUT2D eigenvalue weighted by Crippen LogP contribution is 2.30. The number of rotatable bonds is 10. The van der Waals surface area contributed by atoms with Crippen molar-refractivity contribution in [2.75, 3.05) is 51.2 Å². The van der Waals surface area contributed by atoms with Crippen LogP contribution in [0.4, 0.5) is 10.3 Å². The molecule has 0 N–H and O–H groups in total. The number of hydrogen-bond donors (Lipinski definition) is 0. The summed E-state index contributed by atoms with van der Waals surface area (Å²) in [6.07, 6.45) is 1.87. The van der Waals surface area contributed by atoms with Crippen molar-refractivity contribution in [3.05, 3.63) is 130 Å². The quantitative estimate of drug-likeness (QED) is 0.153. The highest BCUT2D eigenvalue weighted by molar-refractivity contribution is 6.42. The average molecular weight is 659 g/mol. The van der Waals surface area contributed by atoms with Crippen LogP contribution >= 0.6 is 23.2 Å². The van der Waals surface area contributed by atoms with E-state index in [1.54, 1.807) is 4.90 Å². The molecule has 2 heterocycles. The predicted octanol–water partition coefficient (Wildman–Crippen LogP) is 7.99. The van der Waals surface area contributed by atoms with Crippen LogP contribution in [0.1, 0.15) is 40.2 Å². The largest absolute Gasteiger partial charge is 0.341 e. The number of halogens is 3. The summed E-state index contributed by atoms with van der Waals surface area (Å²) in [5.74, 6) is 0.802. The van der Waals surface area contributed by atoms with E-state index in [0.29, 0.717) is 28.7 Å². The molecule has 9 heteroatoms. The molecule has 6 nitrogen and oxygen atoms in total. The Morgan fingerprint density at radius 2 is 1.65 bits per heavy atom. The molecule has 1 aliphatic rings. The van der Waals surface area contributed by atoms with Crippen molar-refractivity contribution < 1.29 is 9.18 Å². The first-order valence-electron chi connectivity index (χ1n) is 15.8. The SMILES string of the molecule is CN(CC(CCN1CCCN(c2nc3ccccc3n2Cc2ccc(F)cc2)CC1)c1ccc(Cl)c(Cl)c1)C(=O)c1ccccc1. The van der Waals surface area contributed by atoms with Crippen LogP contribution in [-0.2, 0) is 6.54 Å². The van der Waals surface area contributed by atoms with Gasteiger partial charge in [0.25, 0.3) is 5.91 Å². The van der Waals surface area contributed by atoms with Gasteiger partial charge >= 0.3 is 0 Å². The molecule has 0 bridgehead atoms. The lowest BCUT2D eigenvalue weighted by Crippen LogP contribution is -2.35. The molecule has 238 valence electrons. The highest BCUT2D eigenvalue weighted by Gasteiger charge is 2.24. The summed E-state index contributed by atoms with van der Waals surface area (Å²) >= 11 is 12.7. The minimum atomic E-state index is -0.233. The zero-order valence-corrected chi connectivity index (χ0v) is 27.5. The summed E-state index contributed by atoms with van der Waals surface area (Å²) in [5, 5.41) is 1.05. The van der Waals surface area contributed by atoms with Crippen LogP contribution in [0.15, 0.2) is 97.1 Å². The molecule has 5 aromatic rings. The van der Waals surface area contributed by atoms with Crippen molar-refractivity contribution in [2.45, 2.75) is 25.3 Å². The maximum absolute atomic E-state index is 13.6. The second-order valence-corrected chi connectivity index (χ2v) is 12.8. The van der Waals surface area contributed by atoms with Crippen molar-refractivity contribution >= 4 is 46.1 Å². The van der Waals surface area contributed by atoms with Gasteiger partial charge in [-0.15, -0.1) is 0 Å². The summed E-state index contributed by atoms with van der Waals surface area (Å²) in [4.78, 5) is 25.0. The number of carbonyl (C=O) groups excluding carboxylic acids is 1. The van der Waals surface area contributed by atoms with Crippen LogP contribution in [0.25, 0.3) is 11.0 Å². The molecule has 1 amide bonds. The number of fused-ring (bicyclic) bond motifs is 1. The molecule has 4 aromatic carbocycles. The molecule has 1 atom stereocenters. The lowest BCUT2D eigenvalue weighted by molar-refractivity contribution is 0.0782. The zero-order chi connectivity index (χ0) is 32.0. The molecule has 0 radical (unpaired) electrons. The fourth-order valence-corrected chi connectivity index (χ4v) is 6.62. The standard InChI is InChI=1S/C37H38Cl2FN5O/c1-42(36(46)28-8-3-2-4-9-28)26-30(29-14-17-32(38)33(39)24-29)18-21-43-19-7-20-44(23-22-43)37-41-34-10-5-6-11-35(34)45(37)25-27-12-15-31(40)16-13-27/h2-6,8-17,24,30H,7,18-23,25-26H2,1H3. The van der Waals surface area contributed by atoms with Gasteiger partial charge in [0.05, 0.1) is 27.6 Å². The van der Waals surface area contributed by atoms with Crippen LogP contribution in [0.3, 0.4) is 0 Å². The maximum Gasteiger partial charge on any atom is 0.253 e. The first kappa shape index (κ1) is 32.0. The smallest absolute Gasteiger partial charge is 0.253 e. The molecule has 1 fully saturated rings. The first-order valence-corrected chi connectivity index (χ1v) is 16.5. The van der Waals surface area contributed by atoms with E-state index in [4.69, 9.17) is 28.2 Å². The predicted molar refractivity (Wildman–Crippen MR) is 186 cm³/mol. The second kappa shape index (κ2) is 14.7. The number of hydrogen-bond acceptors (Lipinski definition) is 4. The summed E-state index contributed by atoms with van der Waals surface area (Å²) in [6, 6.07) is 30.1. The number of imidazole rings is 1. The maximum atomic E-state index is 13.6. The average Bonchev–Trinajstić information content (AvgIpc) is 3.26. The van der Waals surface area contributed by atoms with E-state index >= 15 is 0 Å². The molecular formula is C37H38Cl2FN5O. The molecule has 0 saturated carbocycles. The number of benzene rings is 4. The Balaban J connectivity index is 1.16. The molecule has 1 aliphatic heterocycles. The Hall–Kier alpha value is -3.91. The summed E-state index contributed by atoms with van der Waals surface area (Å²) in [6.45, 7) is 5.69. The minimum Gasteiger partial charge on any atom is -0.341 e. The topological polar surface area (TPSA) is 44.6 Å². The highest BCUT2D eigenvalue weighted by atomic mass is 35.5. The van der Waals surface area contributed by atoms with Crippen molar-refractivity contribution in [3.8, 4) is 0 Å². The Kier molecular flexibility index (Phi) is 10.2. The van der Waals surface area contributed by atoms with Gasteiger partial charge in [0.15, 0.2) is 0 Å². The molecule has 46 heavy (non-hydrogen) atoms. The van der Waals surface area contributed by atoms with E-state index in [1.807, 2.05) is 85.9 Å². The van der Waals surface area contributed by atoms with E-state index in [2.05, 4.69) is 20.4 Å². The third-order valence-corrected chi connectivity index (χ3v) is 9.57. The Morgan fingerprint density at radius 3 is 2.43 bits per heavy atom. The van der Waals surface area contributed by atoms with E-state index in [0.717, 1.165) is 73.7 Å². The van der Waals surface area contributed by atoms with Crippen molar-refractivity contribution in [1.29, 1.82) is 0 Å². The van der Waals surface area contributed by atoms with Gasteiger partial charge in [-0.05, 0) is 85.6 Å². The van der Waals surface area contributed by atoms with Gasteiger partial charge < -0.3 is 19.3 Å². The molecule has 1 saturated heterocycles. The molecule has 0 spiro atoms. The zero-order valence-electron chi connectivity index (χ0n) is 26.0. The summed E-state index contributed by atoms with van der Waals surface area (Å²) in [7, 11) is 1.86.